The Morgan fingerprint density at radius 3 is 2.52 bits per heavy atom. The highest BCUT2D eigenvalue weighted by Crippen LogP contribution is 2.36. The number of thiocarbonyl (C=S) groups is 1. The lowest BCUT2D eigenvalue weighted by Crippen LogP contribution is -2.49. The Bertz CT molecular complexity index is 542. The molecule has 1 aromatic rings. The Morgan fingerprint density at radius 1 is 1.14 bits per heavy atom. The molecule has 1 heterocycles. The number of hydrogen-bond donors (Lipinski definition) is 0. The van der Waals surface area contributed by atoms with Gasteiger partial charge in [0.2, 0.25) is 0 Å². The number of non-ortho nitro benzene ring substituents is 1. The molecule has 112 valence electrons. The van der Waals surface area contributed by atoms with Crippen molar-refractivity contribution in [2.45, 2.75) is 44.6 Å². The SMILES string of the molecule is O=[N+]([O-])c1ccc(C(=S)N2CCC[C@H]3CCCC[C@@H]32)cc1. The minimum Gasteiger partial charge on any atom is -0.359 e. The summed E-state index contributed by atoms with van der Waals surface area (Å²) in [5, 5.41) is 10.7. The maximum Gasteiger partial charge on any atom is 0.269 e. The van der Waals surface area contributed by atoms with E-state index in [9.17, 15) is 10.1 Å². The monoisotopic (exact) mass is 304 g/mol. The zero-order valence-corrected chi connectivity index (χ0v) is 12.8. The van der Waals surface area contributed by atoms with Crippen LogP contribution in [0.2, 0.25) is 0 Å². The minimum atomic E-state index is -0.370. The molecule has 0 bridgehead atoms. The zero-order chi connectivity index (χ0) is 14.8. The first-order valence-electron chi connectivity index (χ1n) is 7.72. The average Bonchev–Trinajstić information content (AvgIpc) is 2.53. The topological polar surface area (TPSA) is 46.4 Å². The Hall–Kier alpha value is -1.49. The summed E-state index contributed by atoms with van der Waals surface area (Å²) in [5.74, 6) is 0.781. The van der Waals surface area contributed by atoms with Crippen molar-refractivity contribution < 1.29 is 4.92 Å². The predicted molar refractivity (Wildman–Crippen MR) is 86.5 cm³/mol. The summed E-state index contributed by atoms with van der Waals surface area (Å²) in [5.41, 5.74) is 1.05. The third-order valence-corrected chi connectivity index (χ3v) is 5.30. The van der Waals surface area contributed by atoms with Gasteiger partial charge in [0.25, 0.3) is 5.69 Å². The molecule has 1 saturated carbocycles. The van der Waals surface area contributed by atoms with Crippen LogP contribution in [-0.4, -0.2) is 27.4 Å². The zero-order valence-electron chi connectivity index (χ0n) is 12.0. The average molecular weight is 304 g/mol. The molecule has 2 atom stereocenters. The van der Waals surface area contributed by atoms with Gasteiger partial charge in [-0.25, -0.2) is 0 Å². The molecular weight excluding hydrogens is 284 g/mol. The molecule has 3 rings (SSSR count). The third kappa shape index (κ3) is 2.93. The van der Waals surface area contributed by atoms with Crippen LogP contribution in [0.5, 0.6) is 0 Å². The van der Waals surface area contributed by atoms with Crippen molar-refractivity contribution in [2.24, 2.45) is 5.92 Å². The van der Waals surface area contributed by atoms with Crippen molar-refractivity contribution in [3.05, 3.63) is 39.9 Å². The maximum absolute atomic E-state index is 10.7. The first kappa shape index (κ1) is 14.4. The van der Waals surface area contributed by atoms with E-state index >= 15 is 0 Å². The van der Waals surface area contributed by atoms with E-state index in [-0.39, 0.29) is 10.6 Å². The van der Waals surface area contributed by atoms with Gasteiger partial charge in [-0.3, -0.25) is 10.1 Å². The number of piperidine rings is 1. The van der Waals surface area contributed by atoms with Crippen molar-refractivity contribution in [3.8, 4) is 0 Å². The van der Waals surface area contributed by atoms with Gasteiger partial charge >= 0.3 is 0 Å². The molecule has 0 N–H and O–H groups in total. The fourth-order valence-electron chi connectivity index (χ4n) is 3.77. The molecule has 1 aromatic carbocycles. The van der Waals surface area contributed by atoms with Crippen LogP contribution in [0.4, 0.5) is 5.69 Å². The van der Waals surface area contributed by atoms with Gasteiger partial charge in [-0.2, -0.15) is 0 Å². The second-order valence-electron chi connectivity index (χ2n) is 6.06. The van der Waals surface area contributed by atoms with Gasteiger partial charge in [-0.05, 0) is 43.7 Å². The Kier molecular flexibility index (Phi) is 4.19. The van der Waals surface area contributed by atoms with Crippen LogP contribution in [-0.2, 0) is 0 Å². The van der Waals surface area contributed by atoms with E-state index in [0.717, 1.165) is 23.0 Å². The highest BCUT2D eigenvalue weighted by molar-refractivity contribution is 7.80. The predicted octanol–water partition coefficient (Wildman–Crippen LogP) is 3.92. The molecule has 0 unspecified atom stereocenters. The Labute approximate surface area is 130 Å². The van der Waals surface area contributed by atoms with Crippen molar-refractivity contribution >= 4 is 22.9 Å². The van der Waals surface area contributed by atoms with E-state index in [1.165, 1.54) is 38.5 Å². The lowest BCUT2D eigenvalue weighted by molar-refractivity contribution is -0.384. The Morgan fingerprint density at radius 2 is 1.81 bits per heavy atom. The number of nitro benzene ring substituents is 1. The maximum atomic E-state index is 10.7. The summed E-state index contributed by atoms with van der Waals surface area (Å²) in [6.07, 6.45) is 7.72. The lowest BCUT2D eigenvalue weighted by Gasteiger charge is -2.45. The molecule has 1 saturated heterocycles. The van der Waals surface area contributed by atoms with Gasteiger partial charge in [-0.1, -0.05) is 25.1 Å². The van der Waals surface area contributed by atoms with Crippen LogP contribution in [0.25, 0.3) is 0 Å². The minimum absolute atomic E-state index is 0.121. The molecule has 1 aliphatic carbocycles. The number of benzene rings is 1. The van der Waals surface area contributed by atoms with E-state index in [1.54, 1.807) is 24.3 Å². The second-order valence-corrected chi connectivity index (χ2v) is 6.44. The molecule has 1 aliphatic heterocycles. The van der Waals surface area contributed by atoms with E-state index < -0.39 is 0 Å². The highest BCUT2D eigenvalue weighted by Gasteiger charge is 2.34. The van der Waals surface area contributed by atoms with Gasteiger partial charge in [0.15, 0.2) is 0 Å². The number of nitrogens with zero attached hydrogens (tertiary/aromatic N) is 2. The largest absolute Gasteiger partial charge is 0.359 e. The van der Waals surface area contributed by atoms with Gasteiger partial charge in [0.05, 0.1) is 4.92 Å². The Balaban J connectivity index is 1.78. The first-order chi connectivity index (χ1) is 10.2. The summed E-state index contributed by atoms with van der Waals surface area (Å²) in [7, 11) is 0. The van der Waals surface area contributed by atoms with Crippen LogP contribution in [0.1, 0.15) is 44.1 Å². The summed E-state index contributed by atoms with van der Waals surface area (Å²) >= 11 is 5.67. The van der Waals surface area contributed by atoms with Gasteiger partial charge in [0, 0.05) is 30.3 Å². The molecule has 5 heteroatoms. The summed E-state index contributed by atoms with van der Waals surface area (Å²) in [4.78, 5) is 13.6. The van der Waals surface area contributed by atoms with Gasteiger partial charge < -0.3 is 4.90 Å². The van der Waals surface area contributed by atoms with Crippen molar-refractivity contribution in [1.29, 1.82) is 0 Å². The smallest absolute Gasteiger partial charge is 0.269 e. The molecule has 21 heavy (non-hydrogen) atoms. The summed E-state index contributed by atoms with van der Waals surface area (Å²) in [6.45, 7) is 1.02. The summed E-state index contributed by atoms with van der Waals surface area (Å²) in [6, 6.07) is 7.24. The highest BCUT2D eigenvalue weighted by atomic mass is 32.1. The van der Waals surface area contributed by atoms with Crippen LogP contribution in [0.15, 0.2) is 24.3 Å². The van der Waals surface area contributed by atoms with E-state index in [0.29, 0.717) is 6.04 Å². The number of likely N-dealkylation sites (tertiary alicyclic amines) is 1. The van der Waals surface area contributed by atoms with Crippen LogP contribution >= 0.6 is 12.2 Å². The number of fused-ring (bicyclic) bond motifs is 1. The van der Waals surface area contributed by atoms with Crippen molar-refractivity contribution in [2.75, 3.05) is 6.54 Å². The fourth-order valence-corrected chi connectivity index (χ4v) is 4.13. The third-order valence-electron chi connectivity index (χ3n) is 4.83. The molecule has 2 aliphatic rings. The standard InChI is InChI=1S/C16H20N2O2S/c19-18(20)14-9-7-13(8-10-14)16(21)17-11-3-5-12-4-1-2-6-15(12)17/h7-10,12,15H,1-6,11H2/t12-,15+/m1/s1. The second kappa shape index (κ2) is 6.10. The molecule has 2 fully saturated rings. The first-order valence-corrected chi connectivity index (χ1v) is 8.13. The van der Waals surface area contributed by atoms with Crippen LogP contribution in [0.3, 0.4) is 0 Å². The van der Waals surface area contributed by atoms with Gasteiger partial charge in [-0.15, -0.1) is 0 Å². The number of hydrogen-bond acceptors (Lipinski definition) is 3. The van der Waals surface area contributed by atoms with E-state index in [4.69, 9.17) is 12.2 Å². The quantitative estimate of drug-likeness (QED) is 0.472. The summed E-state index contributed by atoms with van der Waals surface area (Å²) < 4.78 is 0. The molecule has 0 radical (unpaired) electrons. The molecule has 4 nitrogen and oxygen atoms in total. The van der Waals surface area contributed by atoms with Crippen LogP contribution in [0, 0.1) is 16.0 Å². The fraction of sp³-hybridized carbons (Fsp3) is 0.562. The normalized spacial score (nSPS) is 25.2. The van der Waals surface area contributed by atoms with Gasteiger partial charge in [0.1, 0.15) is 4.99 Å². The van der Waals surface area contributed by atoms with Crippen LogP contribution < -0.4 is 0 Å². The lowest BCUT2D eigenvalue weighted by atomic mass is 9.78. The molecular formula is C16H20N2O2S. The van der Waals surface area contributed by atoms with Crippen molar-refractivity contribution in [3.63, 3.8) is 0 Å². The molecule has 0 amide bonds. The van der Waals surface area contributed by atoms with E-state index in [1.807, 2.05) is 0 Å². The number of nitro groups is 1. The van der Waals surface area contributed by atoms with E-state index in [2.05, 4.69) is 4.90 Å². The molecule has 0 aromatic heterocycles. The number of rotatable bonds is 2. The van der Waals surface area contributed by atoms with Crippen molar-refractivity contribution in [1.82, 2.24) is 4.90 Å². The molecule has 0 spiro atoms.